The van der Waals surface area contributed by atoms with Gasteiger partial charge in [0.05, 0.1) is 5.04 Å². The van der Waals surface area contributed by atoms with Crippen LogP contribution < -0.4 is 0 Å². The van der Waals surface area contributed by atoms with Crippen LogP contribution in [0.4, 0.5) is 0 Å². The van der Waals surface area contributed by atoms with Crippen molar-refractivity contribution in [1.82, 2.24) is 0 Å². The van der Waals surface area contributed by atoms with E-state index in [0.717, 1.165) is 36.6 Å². The lowest BCUT2D eigenvalue weighted by molar-refractivity contribution is -0.102. The Bertz CT molecular complexity index is 271. The van der Waals surface area contributed by atoms with Crippen molar-refractivity contribution in [3.05, 3.63) is 11.6 Å². The van der Waals surface area contributed by atoms with Crippen LogP contribution in [0.25, 0.3) is 0 Å². The smallest absolute Gasteiger partial charge is 0.174 e. The molecule has 1 aliphatic carbocycles. The highest BCUT2D eigenvalue weighted by Gasteiger charge is 2.10. The molecule has 70 valence electrons. The Labute approximate surface area is 81.6 Å². The van der Waals surface area contributed by atoms with Gasteiger partial charge in [-0.05, 0) is 43.0 Å². The van der Waals surface area contributed by atoms with Crippen molar-refractivity contribution >= 4 is 28.1 Å². The third kappa shape index (κ3) is 3.14. The first kappa shape index (κ1) is 10.2. The zero-order valence-corrected chi connectivity index (χ0v) is 8.12. The zero-order valence-electron chi connectivity index (χ0n) is 7.30. The maximum Gasteiger partial charge on any atom is 0.174 e. The number of hydrogen-bond donors (Lipinski definition) is 2. The molecular formula is C9H12N2OS. The van der Waals surface area contributed by atoms with E-state index < -0.39 is 0 Å². The van der Waals surface area contributed by atoms with E-state index in [1.165, 1.54) is 6.42 Å². The first-order valence-electron chi connectivity index (χ1n) is 4.23. The highest BCUT2D eigenvalue weighted by Crippen LogP contribution is 2.22. The summed E-state index contributed by atoms with van der Waals surface area (Å²) in [5, 5.41) is 15.0. The fourth-order valence-electron chi connectivity index (χ4n) is 1.24. The Balaban J connectivity index is 2.51. The molecule has 0 saturated heterocycles. The summed E-state index contributed by atoms with van der Waals surface area (Å²) < 4.78 is 0. The van der Waals surface area contributed by atoms with E-state index in [4.69, 9.17) is 10.8 Å². The van der Waals surface area contributed by atoms with Crippen LogP contribution in [-0.4, -0.2) is 16.4 Å². The van der Waals surface area contributed by atoms with Crippen LogP contribution in [0.5, 0.6) is 0 Å². The molecule has 0 aromatic heterocycles. The molecule has 1 rings (SSSR count). The third-order valence-electron chi connectivity index (χ3n) is 1.90. The molecule has 13 heavy (non-hydrogen) atoms. The van der Waals surface area contributed by atoms with Gasteiger partial charge in [-0.3, -0.25) is 15.6 Å². The number of nitrogens with one attached hydrogen (secondary N) is 2. The molecule has 0 saturated carbocycles. The first-order chi connectivity index (χ1) is 6.24. The highest BCUT2D eigenvalue weighted by atomic mass is 32.2. The fraction of sp³-hybridized carbons (Fsp3) is 0.444. The Hall–Kier alpha value is -0.900. The van der Waals surface area contributed by atoms with Crippen molar-refractivity contribution in [1.29, 1.82) is 10.8 Å². The van der Waals surface area contributed by atoms with Gasteiger partial charge in [-0.2, -0.15) is 0 Å². The van der Waals surface area contributed by atoms with Gasteiger partial charge >= 0.3 is 0 Å². The fourth-order valence-corrected chi connectivity index (χ4v) is 1.83. The van der Waals surface area contributed by atoms with Gasteiger partial charge in [0.25, 0.3) is 0 Å². The SMILES string of the molecule is N=C(C=O)SC(=N)C1=CCCCC1. The number of hydrogen-bond acceptors (Lipinski definition) is 4. The topological polar surface area (TPSA) is 64.8 Å². The van der Waals surface area contributed by atoms with Crippen molar-refractivity contribution in [2.75, 3.05) is 0 Å². The summed E-state index contributed by atoms with van der Waals surface area (Å²) >= 11 is 0.936. The number of carbonyl (C=O) groups excluding carboxylic acids is 1. The lowest BCUT2D eigenvalue weighted by Gasteiger charge is -2.11. The molecule has 0 fully saturated rings. The van der Waals surface area contributed by atoms with Gasteiger partial charge in [0, 0.05) is 0 Å². The number of allylic oxidation sites excluding steroid dienone is 1. The predicted molar refractivity (Wildman–Crippen MR) is 55.7 cm³/mol. The summed E-state index contributed by atoms with van der Waals surface area (Å²) in [4.78, 5) is 10.2. The summed E-state index contributed by atoms with van der Waals surface area (Å²) in [5.74, 6) is 0. The number of thioether (sulfide) groups is 1. The van der Waals surface area contributed by atoms with E-state index in [2.05, 4.69) is 0 Å². The second-order valence-corrected chi connectivity index (χ2v) is 3.94. The van der Waals surface area contributed by atoms with Crippen LogP contribution in [0, 0.1) is 10.8 Å². The first-order valence-corrected chi connectivity index (χ1v) is 5.05. The van der Waals surface area contributed by atoms with E-state index in [9.17, 15) is 4.79 Å². The molecule has 2 N–H and O–H groups in total. The van der Waals surface area contributed by atoms with Gasteiger partial charge in [-0.15, -0.1) is 0 Å². The number of rotatable bonds is 2. The van der Waals surface area contributed by atoms with Gasteiger partial charge < -0.3 is 0 Å². The van der Waals surface area contributed by atoms with Crippen molar-refractivity contribution < 1.29 is 4.79 Å². The molecule has 0 heterocycles. The summed E-state index contributed by atoms with van der Waals surface area (Å²) in [5.41, 5.74) is 0.989. The van der Waals surface area contributed by atoms with Gasteiger partial charge in [0.15, 0.2) is 6.29 Å². The second kappa shape index (κ2) is 4.97. The maximum atomic E-state index is 10.2. The molecule has 0 aromatic carbocycles. The van der Waals surface area contributed by atoms with Crippen molar-refractivity contribution in [3.63, 3.8) is 0 Å². The van der Waals surface area contributed by atoms with Crippen LogP contribution >= 0.6 is 11.8 Å². The van der Waals surface area contributed by atoms with Gasteiger partial charge in [-0.1, -0.05) is 6.08 Å². The minimum Gasteiger partial charge on any atom is -0.296 e. The van der Waals surface area contributed by atoms with Crippen molar-refractivity contribution in [3.8, 4) is 0 Å². The average Bonchev–Trinajstić information content (AvgIpc) is 2.19. The summed E-state index contributed by atoms with van der Waals surface area (Å²) in [6, 6.07) is 0. The Morgan fingerprint density at radius 1 is 1.46 bits per heavy atom. The van der Waals surface area contributed by atoms with Crippen LogP contribution in [-0.2, 0) is 4.79 Å². The molecular weight excluding hydrogens is 184 g/mol. The third-order valence-corrected chi connectivity index (χ3v) is 2.68. The maximum absolute atomic E-state index is 10.2. The zero-order chi connectivity index (χ0) is 9.68. The molecule has 0 bridgehead atoms. The Morgan fingerprint density at radius 2 is 2.23 bits per heavy atom. The number of aldehydes is 1. The normalized spacial score (nSPS) is 16.2. The van der Waals surface area contributed by atoms with E-state index in [-0.39, 0.29) is 5.04 Å². The van der Waals surface area contributed by atoms with Crippen LogP contribution in [0.2, 0.25) is 0 Å². The summed E-state index contributed by atoms with van der Waals surface area (Å²) in [7, 11) is 0. The quantitative estimate of drug-likeness (QED) is 0.404. The Kier molecular flexibility index (Phi) is 3.89. The summed E-state index contributed by atoms with van der Waals surface area (Å²) in [6.45, 7) is 0. The van der Waals surface area contributed by atoms with Gasteiger partial charge in [-0.25, -0.2) is 0 Å². The lowest BCUT2D eigenvalue weighted by atomic mass is 10.0. The molecule has 1 aliphatic rings. The molecule has 0 unspecified atom stereocenters. The highest BCUT2D eigenvalue weighted by molar-refractivity contribution is 8.28. The lowest BCUT2D eigenvalue weighted by Crippen LogP contribution is -2.04. The molecule has 3 nitrogen and oxygen atoms in total. The molecule has 0 atom stereocenters. The minimum atomic E-state index is -0.0866. The Morgan fingerprint density at radius 3 is 2.77 bits per heavy atom. The monoisotopic (exact) mass is 196 g/mol. The van der Waals surface area contributed by atoms with Gasteiger partial charge in [0.2, 0.25) is 0 Å². The standard InChI is InChI=1S/C9H12N2OS/c10-8(6-12)13-9(11)7-4-2-1-3-5-7/h4,6,10-11H,1-3,5H2. The van der Waals surface area contributed by atoms with Gasteiger partial charge in [0.1, 0.15) is 5.04 Å². The van der Waals surface area contributed by atoms with E-state index in [1.807, 2.05) is 6.08 Å². The second-order valence-electron chi connectivity index (χ2n) is 2.89. The molecule has 0 amide bonds. The van der Waals surface area contributed by atoms with Crippen molar-refractivity contribution in [2.24, 2.45) is 0 Å². The van der Waals surface area contributed by atoms with Crippen LogP contribution in [0.1, 0.15) is 25.7 Å². The van der Waals surface area contributed by atoms with E-state index >= 15 is 0 Å². The van der Waals surface area contributed by atoms with Crippen LogP contribution in [0.3, 0.4) is 0 Å². The van der Waals surface area contributed by atoms with Crippen LogP contribution in [0.15, 0.2) is 11.6 Å². The molecule has 0 radical (unpaired) electrons. The van der Waals surface area contributed by atoms with E-state index in [1.54, 1.807) is 0 Å². The number of carbonyl (C=O) groups is 1. The van der Waals surface area contributed by atoms with Crippen molar-refractivity contribution in [2.45, 2.75) is 25.7 Å². The summed E-state index contributed by atoms with van der Waals surface area (Å²) in [6.07, 6.45) is 6.75. The molecule has 0 spiro atoms. The molecule has 0 aromatic rings. The largest absolute Gasteiger partial charge is 0.296 e. The minimum absolute atomic E-state index is 0.0866. The molecule has 4 heteroatoms. The molecule has 0 aliphatic heterocycles. The van der Waals surface area contributed by atoms with E-state index in [0.29, 0.717) is 11.3 Å². The average molecular weight is 196 g/mol. The predicted octanol–water partition coefficient (Wildman–Crippen LogP) is 2.37.